The third-order valence-corrected chi connectivity index (χ3v) is 5.77. The fraction of sp³-hybridized carbons (Fsp3) is 0.158. The van der Waals surface area contributed by atoms with E-state index in [1.807, 2.05) is 17.5 Å². The first-order chi connectivity index (χ1) is 13.8. The lowest BCUT2D eigenvalue weighted by atomic mass is 10.1. The summed E-state index contributed by atoms with van der Waals surface area (Å²) in [4.78, 5) is 17.5. The molecular formula is C19H13ClF3N3O2S. The zero-order valence-corrected chi connectivity index (χ0v) is 16.4. The van der Waals surface area contributed by atoms with E-state index in [2.05, 4.69) is 10.3 Å². The van der Waals surface area contributed by atoms with Crippen LogP contribution in [0.25, 0.3) is 16.8 Å². The average molecular weight is 440 g/mol. The molecule has 10 heteroatoms. The standard InChI is InChI=1S/C19H13ClF3N3O2S/c1-10(14-3-2-6-29-14)24-18(27)15-16(20)26-8-12(11-4-5-28-9-11)7-13(17(26)25-15)19(21,22)23/h2-10H,1H3,(H,24,27). The Morgan fingerprint density at radius 2 is 2.14 bits per heavy atom. The largest absolute Gasteiger partial charge is 0.472 e. The van der Waals surface area contributed by atoms with Crippen molar-refractivity contribution in [2.75, 3.05) is 0 Å². The number of fused-ring (bicyclic) bond motifs is 1. The van der Waals surface area contributed by atoms with Crippen molar-refractivity contribution in [3.8, 4) is 11.1 Å². The van der Waals surface area contributed by atoms with Gasteiger partial charge in [-0.1, -0.05) is 17.7 Å². The second kappa shape index (κ2) is 7.23. The highest BCUT2D eigenvalue weighted by Crippen LogP contribution is 2.37. The van der Waals surface area contributed by atoms with Crippen LogP contribution in [0.2, 0.25) is 5.15 Å². The van der Waals surface area contributed by atoms with Gasteiger partial charge >= 0.3 is 6.18 Å². The van der Waals surface area contributed by atoms with Crippen LogP contribution in [0.5, 0.6) is 0 Å². The smallest absolute Gasteiger partial charge is 0.420 e. The predicted octanol–water partition coefficient (Wildman–Crippen LogP) is 5.82. The lowest BCUT2D eigenvalue weighted by molar-refractivity contribution is -0.136. The van der Waals surface area contributed by atoms with Crippen molar-refractivity contribution in [2.45, 2.75) is 19.1 Å². The highest BCUT2D eigenvalue weighted by Gasteiger charge is 2.36. The Morgan fingerprint density at radius 1 is 1.34 bits per heavy atom. The van der Waals surface area contributed by atoms with E-state index in [0.717, 1.165) is 15.3 Å². The predicted molar refractivity (Wildman–Crippen MR) is 103 cm³/mol. The van der Waals surface area contributed by atoms with Gasteiger partial charge in [-0.2, -0.15) is 13.2 Å². The Hall–Kier alpha value is -2.78. The Morgan fingerprint density at radius 3 is 2.76 bits per heavy atom. The maximum Gasteiger partial charge on any atom is 0.420 e. The summed E-state index contributed by atoms with van der Waals surface area (Å²) in [5, 5.41) is 4.38. The summed E-state index contributed by atoms with van der Waals surface area (Å²) in [6.45, 7) is 1.77. The maximum absolute atomic E-state index is 13.7. The molecule has 4 heterocycles. The molecule has 0 bridgehead atoms. The van der Waals surface area contributed by atoms with E-state index < -0.39 is 23.3 Å². The third-order valence-electron chi connectivity index (χ3n) is 4.35. The molecule has 0 aliphatic carbocycles. The van der Waals surface area contributed by atoms with Crippen molar-refractivity contribution >= 4 is 34.5 Å². The van der Waals surface area contributed by atoms with Gasteiger partial charge in [0.25, 0.3) is 5.91 Å². The number of nitrogens with one attached hydrogen (secondary N) is 1. The molecule has 1 N–H and O–H groups in total. The van der Waals surface area contributed by atoms with Crippen LogP contribution in [-0.2, 0) is 6.18 Å². The van der Waals surface area contributed by atoms with Crippen LogP contribution >= 0.6 is 22.9 Å². The fourth-order valence-electron chi connectivity index (χ4n) is 2.93. The summed E-state index contributed by atoms with van der Waals surface area (Å²) in [5.74, 6) is -0.655. The number of hydrogen-bond donors (Lipinski definition) is 1. The Kier molecular flexibility index (Phi) is 4.87. The summed E-state index contributed by atoms with van der Waals surface area (Å²) >= 11 is 7.72. The highest BCUT2D eigenvalue weighted by atomic mass is 35.5. The monoisotopic (exact) mass is 439 g/mol. The second-order valence-electron chi connectivity index (χ2n) is 6.31. The Labute approximate surface area is 171 Å². The quantitative estimate of drug-likeness (QED) is 0.436. The van der Waals surface area contributed by atoms with Crippen LogP contribution in [0.15, 0.2) is 52.8 Å². The number of carbonyl (C=O) groups excluding carboxylic acids is 1. The van der Waals surface area contributed by atoms with Gasteiger partial charge in [-0.25, -0.2) is 4.98 Å². The average Bonchev–Trinajstić information content (AvgIpc) is 3.42. The number of nitrogens with zero attached hydrogens (tertiary/aromatic N) is 2. The number of amides is 1. The van der Waals surface area contributed by atoms with Gasteiger partial charge in [-0.3, -0.25) is 9.20 Å². The van der Waals surface area contributed by atoms with Gasteiger partial charge in [0.05, 0.1) is 24.1 Å². The number of aromatic nitrogens is 2. The number of thiophene rings is 1. The number of imidazole rings is 1. The molecule has 1 atom stereocenters. The molecule has 4 aromatic heterocycles. The summed E-state index contributed by atoms with van der Waals surface area (Å²) in [6, 6.07) is 5.84. The van der Waals surface area contributed by atoms with E-state index in [-0.39, 0.29) is 22.5 Å². The summed E-state index contributed by atoms with van der Waals surface area (Å²) in [5.41, 5.74) is -1.03. The normalized spacial score (nSPS) is 13.0. The lowest BCUT2D eigenvalue weighted by Gasteiger charge is -2.11. The number of carbonyl (C=O) groups is 1. The van der Waals surface area contributed by atoms with Gasteiger partial charge in [0, 0.05) is 22.2 Å². The van der Waals surface area contributed by atoms with E-state index in [1.165, 1.54) is 36.1 Å². The minimum absolute atomic E-state index is 0.202. The molecule has 0 aromatic carbocycles. The number of furan rings is 1. The summed E-state index contributed by atoms with van der Waals surface area (Å²) in [7, 11) is 0. The molecule has 4 aromatic rings. The number of rotatable bonds is 4. The molecule has 5 nitrogen and oxygen atoms in total. The zero-order valence-electron chi connectivity index (χ0n) is 14.8. The zero-order chi connectivity index (χ0) is 20.8. The molecule has 0 aliphatic rings. The van der Waals surface area contributed by atoms with Crippen LogP contribution in [0.4, 0.5) is 13.2 Å². The molecule has 4 rings (SSSR count). The van der Waals surface area contributed by atoms with E-state index in [0.29, 0.717) is 5.56 Å². The molecule has 0 saturated heterocycles. The molecule has 0 fully saturated rings. The van der Waals surface area contributed by atoms with Crippen LogP contribution in [0.1, 0.15) is 33.9 Å². The maximum atomic E-state index is 13.7. The van der Waals surface area contributed by atoms with Crippen molar-refractivity contribution in [1.82, 2.24) is 14.7 Å². The topological polar surface area (TPSA) is 59.5 Å². The van der Waals surface area contributed by atoms with Gasteiger partial charge in [0.2, 0.25) is 0 Å². The molecular weight excluding hydrogens is 427 g/mol. The first kappa shape index (κ1) is 19.5. The van der Waals surface area contributed by atoms with E-state index in [1.54, 1.807) is 6.92 Å². The molecule has 150 valence electrons. The molecule has 29 heavy (non-hydrogen) atoms. The minimum atomic E-state index is -4.69. The number of hydrogen-bond acceptors (Lipinski definition) is 4. The molecule has 1 amide bonds. The van der Waals surface area contributed by atoms with E-state index in [9.17, 15) is 18.0 Å². The van der Waals surface area contributed by atoms with Crippen molar-refractivity contribution in [1.29, 1.82) is 0 Å². The van der Waals surface area contributed by atoms with Gasteiger partial charge in [0.15, 0.2) is 11.3 Å². The summed E-state index contributed by atoms with van der Waals surface area (Å²) in [6.07, 6.45) is -0.618. The molecule has 1 unspecified atom stereocenters. The van der Waals surface area contributed by atoms with Crippen molar-refractivity contribution in [3.05, 3.63) is 69.7 Å². The molecule has 0 radical (unpaired) electrons. The van der Waals surface area contributed by atoms with Gasteiger partial charge < -0.3 is 9.73 Å². The number of halogens is 4. The van der Waals surface area contributed by atoms with Gasteiger partial charge in [-0.05, 0) is 30.5 Å². The van der Waals surface area contributed by atoms with Gasteiger partial charge in [0.1, 0.15) is 5.15 Å². The van der Waals surface area contributed by atoms with E-state index >= 15 is 0 Å². The van der Waals surface area contributed by atoms with Crippen LogP contribution in [-0.4, -0.2) is 15.3 Å². The first-order valence-corrected chi connectivity index (χ1v) is 9.67. The van der Waals surface area contributed by atoms with Crippen LogP contribution < -0.4 is 5.32 Å². The third kappa shape index (κ3) is 3.63. The minimum Gasteiger partial charge on any atom is -0.472 e. The SMILES string of the molecule is CC(NC(=O)c1nc2c(C(F)(F)F)cc(-c3ccoc3)cn2c1Cl)c1cccs1. The summed E-state index contributed by atoms with van der Waals surface area (Å²) < 4.78 is 47.0. The molecule has 0 spiro atoms. The second-order valence-corrected chi connectivity index (χ2v) is 7.64. The lowest BCUT2D eigenvalue weighted by Crippen LogP contribution is -2.26. The van der Waals surface area contributed by atoms with Crippen LogP contribution in [0, 0.1) is 0 Å². The van der Waals surface area contributed by atoms with Crippen molar-refractivity contribution < 1.29 is 22.4 Å². The van der Waals surface area contributed by atoms with Crippen molar-refractivity contribution in [2.24, 2.45) is 0 Å². The van der Waals surface area contributed by atoms with E-state index in [4.69, 9.17) is 16.0 Å². The Bertz CT molecular complexity index is 1170. The van der Waals surface area contributed by atoms with Crippen molar-refractivity contribution in [3.63, 3.8) is 0 Å². The fourth-order valence-corrected chi connectivity index (χ4v) is 3.92. The Balaban J connectivity index is 1.80. The first-order valence-electron chi connectivity index (χ1n) is 8.41. The number of alkyl halides is 3. The highest BCUT2D eigenvalue weighted by molar-refractivity contribution is 7.10. The number of pyridine rings is 1. The molecule has 0 aliphatic heterocycles. The van der Waals surface area contributed by atoms with Gasteiger partial charge in [-0.15, -0.1) is 11.3 Å². The van der Waals surface area contributed by atoms with Crippen LogP contribution in [0.3, 0.4) is 0 Å². The molecule has 0 saturated carbocycles.